The fourth-order valence-electron chi connectivity index (χ4n) is 2.28. The third-order valence-corrected chi connectivity index (χ3v) is 3.69. The van der Waals surface area contributed by atoms with Crippen LogP contribution >= 0.6 is 11.6 Å². The van der Waals surface area contributed by atoms with Crippen LogP contribution in [0.3, 0.4) is 0 Å². The highest BCUT2D eigenvalue weighted by Gasteiger charge is 2.18. The van der Waals surface area contributed by atoms with Crippen LogP contribution in [0.1, 0.15) is 44.1 Å². The highest BCUT2D eigenvalue weighted by atomic mass is 35.5. The van der Waals surface area contributed by atoms with Crippen molar-refractivity contribution in [3.63, 3.8) is 0 Å². The van der Waals surface area contributed by atoms with E-state index in [4.69, 9.17) is 27.3 Å². The smallest absolute Gasteiger partial charge is 0.233 e. The Bertz CT molecular complexity index is 457. The van der Waals surface area contributed by atoms with Crippen molar-refractivity contribution < 1.29 is 9.94 Å². The SMILES string of the molecule is N/C(=N/O)c1ccnc(OC2CCCCCC2)c1Cl. The Kier molecular flexibility index (Phi) is 4.85. The van der Waals surface area contributed by atoms with Crippen LogP contribution in [-0.2, 0) is 0 Å². The fraction of sp³-hybridized carbons (Fsp3) is 0.538. The van der Waals surface area contributed by atoms with Crippen LogP contribution in [-0.4, -0.2) is 22.1 Å². The number of hydrogen-bond donors (Lipinski definition) is 2. The number of oxime groups is 1. The summed E-state index contributed by atoms with van der Waals surface area (Å²) >= 11 is 6.18. The van der Waals surface area contributed by atoms with Gasteiger partial charge in [0.25, 0.3) is 0 Å². The van der Waals surface area contributed by atoms with Gasteiger partial charge in [-0.2, -0.15) is 0 Å². The lowest BCUT2D eigenvalue weighted by molar-refractivity contribution is 0.176. The molecule has 0 radical (unpaired) electrons. The van der Waals surface area contributed by atoms with Crippen LogP contribution in [0.5, 0.6) is 5.88 Å². The van der Waals surface area contributed by atoms with Crippen molar-refractivity contribution in [2.24, 2.45) is 10.9 Å². The molecule has 6 heteroatoms. The Morgan fingerprint density at radius 1 is 1.37 bits per heavy atom. The Morgan fingerprint density at radius 3 is 2.68 bits per heavy atom. The molecule has 1 fully saturated rings. The summed E-state index contributed by atoms with van der Waals surface area (Å²) in [7, 11) is 0. The van der Waals surface area contributed by atoms with Crippen LogP contribution in [0.4, 0.5) is 0 Å². The maximum atomic E-state index is 8.71. The summed E-state index contributed by atoms with van der Waals surface area (Å²) < 4.78 is 5.87. The van der Waals surface area contributed by atoms with E-state index in [2.05, 4.69) is 10.1 Å². The molecule has 0 aromatic carbocycles. The Morgan fingerprint density at radius 2 is 2.05 bits per heavy atom. The maximum absolute atomic E-state index is 8.71. The van der Waals surface area contributed by atoms with Gasteiger partial charge in [0, 0.05) is 11.8 Å². The molecule has 19 heavy (non-hydrogen) atoms. The largest absolute Gasteiger partial charge is 0.473 e. The summed E-state index contributed by atoms with van der Waals surface area (Å²) in [6.07, 6.45) is 8.58. The van der Waals surface area contributed by atoms with Gasteiger partial charge in [-0.05, 0) is 31.7 Å². The predicted molar refractivity (Wildman–Crippen MR) is 73.9 cm³/mol. The molecule has 3 N–H and O–H groups in total. The third kappa shape index (κ3) is 3.50. The molecule has 1 heterocycles. The molecule has 104 valence electrons. The molecule has 0 unspecified atom stereocenters. The number of rotatable bonds is 3. The zero-order valence-electron chi connectivity index (χ0n) is 10.7. The zero-order chi connectivity index (χ0) is 13.7. The first kappa shape index (κ1) is 13.9. The summed E-state index contributed by atoms with van der Waals surface area (Å²) in [5, 5.41) is 11.9. The van der Waals surface area contributed by atoms with Gasteiger partial charge in [0.2, 0.25) is 5.88 Å². The monoisotopic (exact) mass is 283 g/mol. The molecule has 0 bridgehead atoms. The Hall–Kier alpha value is -1.49. The Labute approximate surface area is 117 Å². The number of amidine groups is 1. The van der Waals surface area contributed by atoms with Gasteiger partial charge in [-0.25, -0.2) is 4.98 Å². The van der Waals surface area contributed by atoms with E-state index < -0.39 is 0 Å². The molecule has 1 saturated carbocycles. The number of halogens is 1. The number of hydrogen-bond acceptors (Lipinski definition) is 4. The highest BCUT2D eigenvalue weighted by molar-refractivity contribution is 6.35. The van der Waals surface area contributed by atoms with E-state index in [1.165, 1.54) is 25.7 Å². The van der Waals surface area contributed by atoms with E-state index in [1.807, 2.05) is 0 Å². The van der Waals surface area contributed by atoms with Crippen molar-refractivity contribution in [1.82, 2.24) is 4.98 Å². The van der Waals surface area contributed by atoms with Gasteiger partial charge in [-0.3, -0.25) is 0 Å². The minimum atomic E-state index is -0.0434. The van der Waals surface area contributed by atoms with Gasteiger partial charge in [0.05, 0.1) is 0 Å². The molecule has 0 aliphatic heterocycles. The van der Waals surface area contributed by atoms with E-state index in [0.717, 1.165) is 12.8 Å². The second kappa shape index (κ2) is 6.61. The van der Waals surface area contributed by atoms with Crippen LogP contribution in [0.2, 0.25) is 5.02 Å². The maximum Gasteiger partial charge on any atom is 0.233 e. The van der Waals surface area contributed by atoms with E-state index in [0.29, 0.717) is 16.5 Å². The first-order chi connectivity index (χ1) is 9.22. The van der Waals surface area contributed by atoms with Crippen LogP contribution in [0.25, 0.3) is 0 Å². The normalized spacial score (nSPS) is 18.1. The molecular weight excluding hydrogens is 266 g/mol. The molecule has 0 amide bonds. The predicted octanol–water partition coefficient (Wildman–Crippen LogP) is 2.93. The van der Waals surface area contributed by atoms with Crippen molar-refractivity contribution >= 4 is 17.4 Å². The first-order valence-corrected chi connectivity index (χ1v) is 6.89. The highest BCUT2D eigenvalue weighted by Crippen LogP contribution is 2.29. The molecule has 1 aromatic heterocycles. The number of ether oxygens (including phenoxy) is 1. The molecule has 1 aliphatic carbocycles. The standard InChI is InChI=1S/C13H18ClN3O2/c14-11-10(12(15)17-18)7-8-16-13(11)19-9-5-3-1-2-4-6-9/h7-9,18H,1-6H2,(H2,15,17). The first-order valence-electron chi connectivity index (χ1n) is 6.51. The fourth-order valence-corrected chi connectivity index (χ4v) is 2.53. The van der Waals surface area contributed by atoms with Crippen molar-refractivity contribution in [2.45, 2.75) is 44.6 Å². The van der Waals surface area contributed by atoms with Gasteiger partial charge in [-0.15, -0.1) is 0 Å². The van der Waals surface area contributed by atoms with Gasteiger partial charge < -0.3 is 15.7 Å². The molecule has 1 aromatic rings. The van der Waals surface area contributed by atoms with Crippen molar-refractivity contribution in [2.75, 3.05) is 0 Å². The van der Waals surface area contributed by atoms with E-state index in [-0.39, 0.29) is 11.9 Å². The zero-order valence-corrected chi connectivity index (χ0v) is 11.4. The minimum absolute atomic E-state index is 0.0434. The summed E-state index contributed by atoms with van der Waals surface area (Å²) in [5.74, 6) is 0.316. The van der Waals surface area contributed by atoms with Crippen LogP contribution in [0, 0.1) is 0 Å². The lowest BCUT2D eigenvalue weighted by Crippen LogP contribution is -2.18. The van der Waals surface area contributed by atoms with Crippen LogP contribution in [0.15, 0.2) is 17.4 Å². The lowest BCUT2D eigenvalue weighted by Gasteiger charge is -2.17. The summed E-state index contributed by atoms with van der Waals surface area (Å²) in [6, 6.07) is 1.59. The number of nitrogens with zero attached hydrogens (tertiary/aromatic N) is 2. The van der Waals surface area contributed by atoms with Gasteiger partial charge in [-0.1, -0.05) is 29.6 Å². The minimum Gasteiger partial charge on any atom is -0.473 e. The van der Waals surface area contributed by atoms with Gasteiger partial charge >= 0.3 is 0 Å². The summed E-state index contributed by atoms with van der Waals surface area (Å²) in [4.78, 5) is 4.13. The molecule has 1 aliphatic rings. The second-order valence-corrected chi connectivity index (χ2v) is 5.07. The summed E-state index contributed by atoms with van der Waals surface area (Å²) in [6.45, 7) is 0. The second-order valence-electron chi connectivity index (χ2n) is 4.69. The third-order valence-electron chi connectivity index (χ3n) is 3.32. The Balaban J connectivity index is 2.15. The number of pyridine rings is 1. The molecule has 0 saturated heterocycles. The van der Waals surface area contributed by atoms with Crippen molar-refractivity contribution in [3.8, 4) is 5.88 Å². The molecular formula is C13H18ClN3O2. The topological polar surface area (TPSA) is 80.7 Å². The quantitative estimate of drug-likeness (QED) is 0.294. The number of aromatic nitrogens is 1. The van der Waals surface area contributed by atoms with Gasteiger partial charge in [0.1, 0.15) is 11.1 Å². The van der Waals surface area contributed by atoms with Crippen LogP contribution < -0.4 is 10.5 Å². The number of nitrogens with two attached hydrogens (primary N) is 1. The average molecular weight is 284 g/mol. The lowest BCUT2D eigenvalue weighted by atomic mass is 10.1. The molecule has 5 nitrogen and oxygen atoms in total. The van der Waals surface area contributed by atoms with E-state index in [1.54, 1.807) is 12.3 Å². The molecule has 0 spiro atoms. The molecule has 2 rings (SSSR count). The van der Waals surface area contributed by atoms with Crippen molar-refractivity contribution in [1.29, 1.82) is 0 Å². The summed E-state index contributed by atoms with van der Waals surface area (Å²) in [5.41, 5.74) is 5.99. The van der Waals surface area contributed by atoms with E-state index in [9.17, 15) is 0 Å². The van der Waals surface area contributed by atoms with E-state index >= 15 is 0 Å². The van der Waals surface area contributed by atoms with Gasteiger partial charge in [0.15, 0.2) is 5.84 Å². The van der Waals surface area contributed by atoms with Crippen molar-refractivity contribution in [3.05, 3.63) is 22.8 Å². The average Bonchev–Trinajstić information content (AvgIpc) is 2.69. The molecule has 0 atom stereocenters.